The maximum atomic E-state index is 12.7. The fourth-order valence-corrected chi connectivity index (χ4v) is 2.35. The van der Waals surface area contributed by atoms with E-state index >= 15 is 0 Å². The highest BCUT2D eigenvalue weighted by molar-refractivity contribution is 6.01. The number of benzene rings is 1. The monoisotopic (exact) mass is 338 g/mol. The number of halogens is 3. The summed E-state index contributed by atoms with van der Waals surface area (Å²) in [5, 5.41) is 12.8. The van der Waals surface area contributed by atoms with Crippen molar-refractivity contribution >= 4 is 5.71 Å². The lowest BCUT2D eigenvalue weighted by Crippen LogP contribution is -2.45. The van der Waals surface area contributed by atoms with Gasteiger partial charge in [0.2, 0.25) is 0 Å². The van der Waals surface area contributed by atoms with Crippen LogP contribution >= 0.6 is 0 Å². The van der Waals surface area contributed by atoms with Gasteiger partial charge in [-0.05, 0) is 17.2 Å². The third kappa shape index (κ3) is 2.80. The van der Waals surface area contributed by atoms with Gasteiger partial charge >= 0.3 is 12.0 Å². The van der Waals surface area contributed by atoms with Crippen LogP contribution in [-0.2, 0) is 4.84 Å². The highest BCUT2D eigenvalue weighted by Crippen LogP contribution is 2.39. The SMILES string of the molecule is COc1cnccc1-c1ccc(C2=NOC(O)(C(F)(F)F)C2)cc1. The number of aliphatic hydroxyl groups is 1. The van der Waals surface area contributed by atoms with Crippen LogP contribution in [0.4, 0.5) is 13.2 Å². The number of rotatable bonds is 3. The maximum absolute atomic E-state index is 12.7. The second kappa shape index (κ2) is 5.79. The van der Waals surface area contributed by atoms with Gasteiger partial charge in [-0.1, -0.05) is 29.4 Å². The van der Waals surface area contributed by atoms with E-state index in [0.29, 0.717) is 11.3 Å². The van der Waals surface area contributed by atoms with Crippen LogP contribution in [0.1, 0.15) is 12.0 Å². The van der Waals surface area contributed by atoms with Gasteiger partial charge in [-0.3, -0.25) is 4.98 Å². The summed E-state index contributed by atoms with van der Waals surface area (Å²) in [5.74, 6) is -2.69. The summed E-state index contributed by atoms with van der Waals surface area (Å²) in [7, 11) is 1.53. The van der Waals surface area contributed by atoms with Gasteiger partial charge in [-0.25, -0.2) is 0 Å². The van der Waals surface area contributed by atoms with E-state index in [4.69, 9.17) is 4.74 Å². The van der Waals surface area contributed by atoms with Crippen molar-refractivity contribution in [3.8, 4) is 16.9 Å². The lowest BCUT2D eigenvalue weighted by Gasteiger charge is -2.22. The molecule has 1 aromatic heterocycles. The second-order valence-corrected chi connectivity index (χ2v) is 5.24. The number of aromatic nitrogens is 1. The molecule has 0 fully saturated rings. The van der Waals surface area contributed by atoms with Gasteiger partial charge < -0.3 is 14.7 Å². The molecule has 2 aromatic rings. The molecule has 1 aliphatic rings. The number of alkyl halides is 3. The quantitative estimate of drug-likeness (QED) is 0.934. The zero-order chi connectivity index (χ0) is 17.4. The second-order valence-electron chi connectivity index (χ2n) is 5.24. The molecule has 1 aliphatic heterocycles. The standard InChI is InChI=1S/C16H13F3N2O3/c1-23-14-9-20-7-6-12(14)10-2-4-11(5-3-10)13-8-15(22,24-21-13)16(17,18)19/h2-7,9,22H,8H2,1H3. The smallest absolute Gasteiger partial charge is 0.458 e. The van der Waals surface area contributed by atoms with E-state index in [1.165, 1.54) is 7.11 Å². The van der Waals surface area contributed by atoms with Crippen molar-refractivity contribution in [2.45, 2.75) is 18.4 Å². The molecule has 0 bridgehead atoms. The van der Waals surface area contributed by atoms with Crippen LogP contribution in [0.2, 0.25) is 0 Å². The van der Waals surface area contributed by atoms with Gasteiger partial charge in [0.25, 0.3) is 0 Å². The van der Waals surface area contributed by atoms with E-state index in [9.17, 15) is 18.3 Å². The Morgan fingerprint density at radius 3 is 2.42 bits per heavy atom. The topological polar surface area (TPSA) is 63.9 Å². The lowest BCUT2D eigenvalue weighted by molar-refractivity contribution is -0.355. The fourth-order valence-electron chi connectivity index (χ4n) is 2.35. The molecule has 2 heterocycles. The van der Waals surface area contributed by atoms with Gasteiger partial charge in [-0.2, -0.15) is 13.2 Å². The van der Waals surface area contributed by atoms with Crippen LogP contribution in [0.15, 0.2) is 47.9 Å². The molecule has 0 aliphatic carbocycles. The van der Waals surface area contributed by atoms with Crippen molar-refractivity contribution in [2.24, 2.45) is 5.16 Å². The number of hydrogen-bond acceptors (Lipinski definition) is 5. The van der Waals surface area contributed by atoms with Gasteiger partial charge in [0.05, 0.1) is 25.4 Å². The normalized spacial score (nSPS) is 20.5. The minimum Gasteiger partial charge on any atom is -0.494 e. The first kappa shape index (κ1) is 16.3. The fraction of sp³-hybridized carbons (Fsp3) is 0.250. The molecule has 0 amide bonds. The molecule has 0 spiro atoms. The Balaban J connectivity index is 1.84. The summed E-state index contributed by atoms with van der Waals surface area (Å²) < 4.78 is 43.4. The minimum absolute atomic E-state index is 0.0306. The van der Waals surface area contributed by atoms with E-state index in [2.05, 4.69) is 15.0 Å². The maximum Gasteiger partial charge on any atom is 0.458 e. The van der Waals surface area contributed by atoms with E-state index < -0.39 is 18.4 Å². The Morgan fingerprint density at radius 1 is 1.17 bits per heavy atom. The lowest BCUT2D eigenvalue weighted by atomic mass is 9.99. The number of oxime groups is 1. The molecule has 1 aromatic carbocycles. The van der Waals surface area contributed by atoms with Crippen molar-refractivity contribution in [3.05, 3.63) is 48.3 Å². The molecule has 0 radical (unpaired) electrons. The summed E-state index contributed by atoms with van der Waals surface area (Å²) in [4.78, 5) is 8.18. The summed E-state index contributed by atoms with van der Waals surface area (Å²) in [6.07, 6.45) is -2.48. The number of nitrogens with zero attached hydrogens (tertiary/aromatic N) is 2. The molecule has 1 atom stereocenters. The first-order chi connectivity index (χ1) is 11.3. The molecular formula is C16H13F3N2O3. The van der Waals surface area contributed by atoms with Crippen LogP contribution in [0.25, 0.3) is 11.1 Å². The average Bonchev–Trinajstić information content (AvgIpc) is 2.98. The molecule has 5 nitrogen and oxygen atoms in total. The molecule has 3 rings (SSSR count). The molecular weight excluding hydrogens is 325 g/mol. The first-order valence-electron chi connectivity index (χ1n) is 6.97. The molecule has 126 valence electrons. The Hall–Kier alpha value is -2.61. The number of hydrogen-bond donors (Lipinski definition) is 1. The average molecular weight is 338 g/mol. The Labute approximate surface area is 135 Å². The van der Waals surface area contributed by atoms with Crippen LogP contribution in [0.5, 0.6) is 5.75 Å². The van der Waals surface area contributed by atoms with Crippen molar-refractivity contribution in [2.75, 3.05) is 7.11 Å². The van der Waals surface area contributed by atoms with Crippen LogP contribution in [0, 0.1) is 0 Å². The first-order valence-corrected chi connectivity index (χ1v) is 6.97. The van der Waals surface area contributed by atoms with Crippen molar-refractivity contribution in [3.63, 3.8) is 0 Å². The Kier molecular flexibility index (Phi) is 3.92. The number of ether oxygens (including phenoxy) is 1. The summed E-state index contributed by atoms with van der Waals surface area (Å²) in [5.41, 5.74) is 2.08. The minimum atomic E-state index is -4.91. The highest BCUT2D eigenvalue weighted by Gasteiger charge is 2.60. The van der Waals surface area contributed by atoms with Gasteiger partial charge in [-0.15, -0.1) is 0 Å². The molecule has 0 saturated carbocycles. The van der Waals surface area contributed by atoms with E-state index in [1.54, 1.807) is 42.7 Å². The molecule has 1 unspecified atom stereocenters. The van der Waals surface area contributed by atoms with Crippen LogP contribution in [-0.4, -0.2) is 34.9 Å². The van der Waals surface area contributed by atoms with E-state index in [0.717, 1.165) is 11.1 Å². The van der Waals surface area contributed by atoms with Crippen molar-refractivity contribution in [1.29, 1.82) is 0 Å². The van der Waals surface area contributed by atoms with Gasteiger partial charge in [0, 0.05) is 11.8 Å². The summed E-state index contributed by atoms with van der Waals surface area (Å²) in [6.45, 7) is 0. The predicted octanol–water partition coefficient (Wildman–Crippen LogP) is 3.13. The third-order valence-electron chi connectivity index (χ3n) is 3.69. The number of methoxy groups -OCH3 is 1. The molecule has 8 heteroatoms. The zero-order valence-electron chi connectivity index (χ0n) is 12.5. The van der Waals surface area contributed by atoms with Gasteiger partial charge in [0.1, 0.15) is 5.75 Å². The van der Waals surface area contributed by atoms with Crippen molar-refractivity contribution < 1.29 is 27.9 Å². The Morgan fingerprint density at radius 2 is 1.83 bits per heavy atom. The van der Waals surface area contributed by atoms with Crippen LogP contribution in [0.3, 0.4) is 0 Å². The third-order valence-corrected chi connectivity index (χ3v) is 3.69. The highest BCUT2D eigenvalue weighted by atomic mass is 19.4. The zero-order valence-corrected chi connectivity index (χ0v) is 12.5. The van der Waals surface area contributed by atoms with Crippen molar-refractivity contribution in [1.82, 2.24) is 4.98 Å². The number of pyridine rings is 1. The predicted molar refractivity (Wildman–Crippen MR) is 79.5 cm³/mol. The van der Waals surface area contributed by atoms with E-state index in [-0.39, 0.29) is 5.71 Å². The van der Waals surface area contributed by atoms with Crippen LogP contribution < -0.4 is 4.74 Å². The largest absolute Gasteiger partial charge is 0.494 e. The summed E-state index contributed by atoms with van der Waals surface area (Å²) >= 11 is 0. The van der Waals surface area contributed by atoms with E-state index in [1.807, 2.05) is 0 Å². The molecule has 1 N–H and O–H groups in total. The van der Waals surface area contributed by atoms with Gasteiger partial charge in [0.15, 0.2) is 0 Å². The molecule has 24 heavy (non-hydrogen) atoms. The summed E-state index contributed by atoms with van der Waals surface area (Å²) in [6, 6.07) is 8.44. The Bertz CT molecular complexity index is 775. The molecule has 0 saturated heterocycles.